The van der Waals surface area contributed by atoms with Gasteiger partial charge in [0.25, 0.3) is 11.6 Å². The number of nitrogens with zero attached hydrogens (tertiary/aromatic N) is 3. The second-order valence-corrected chi connectivity index (χ2v) is 7.48. The van der Waals surface area contributed by atoms with Gasteiger partial charge in [-0.25, -0.2) is 0 Å². The van der Waals surface area contributed by atoms with Crippen LogP contribution in [0.15, 0.2) is 83.9 Å². The molecule has 1 heterocycles. The third kappa shape index (κ3) is 4.08. The number of carbonyl (C=O) groups is 1. The van der Waals surface area contributed by atoms with Gasteiger partial charge in [-0.2, -0.15) is 0 Å². The van der Waals surface area contributed by atoms with Gasteiger partial charge in [0.1, 0.15) is 5.75 Å². The molecule has 1 aliphatic rings. The maximum absolute atomic E-state index is 13.3. The van der Waals surface area contributed by atoms with Gasteiger partial charge < -0.3 is 9.64 Å². The molecule has 162 valence electrons. The number of benzene rings is 3. The van der Waals surface area contributed by atoms with E-state index >= 15 is 0 Å². The first-order valence-electron chi connectivity index (χ1n) is 10.1. The van der Waals surface area contributed by atoms with E-state index in [1.54, 1.807) is 7.05 Å². The van der Waals surface area contributed by atoms with Crippen molar-refractivity contribution >= 4 is 23.0 Å². The third-order valence-corrected chi connectivity index (χ3v) is 5.35. The number of likely N-dealkylation sites (N-methyl/N-ethyl adjacent to an activating group) is 1. The Morgan fingerprint density at radius 1 is 1.03 bits per heavy atom. The van der Waals surface area contributed by atoms with E-state index in [0.29, 0.717) is 11.5 Å². The lowest BCUT2D eigenvalue weighted by Gasteiger charge is -2.27. The molecule has 1 amide bonds. The molecule has 0 spiro atoms. The van der Waals surface area contributed by atoms with Crippen LogP contribution >= 0.6 is 0 Å². The molecule has 0 aromatic heterocycles. The number of non-ortho nitro benzene ring substituents is 1. The van der Waals surface area contributed by atoms with Crippen molar-refractivity contribution in [3.8, 4) is 5.75 Å². The van der Waals surface area contributed by atoms with Crippen molar-refractivity contribution in [1.29, 1.82) is 0 Å². The van der Waals surface area contributed by atoms with Crippen LogP contribution < -0.4 is 15.4 Å². The lowest BCUT2D eigenvalue weighted by molar-refractivity contribution is -0.384. The number of nitro benzene ring substituents is 1. The van der Waals surface area contributed by atoms with Crippen LogP contribution in [-0.4, -0.2) is 35.9 Å². The maximum atomic E-state index is 13.3. The average molecular weight is 430 g/mol. The number of benzodiazepines with no additional fused rings is 1. The fourth-order valence-electron chi connectivity index (χ4n) is 3.64. The molecule has 0 saturated carbocycles. The quantitative estimate of drug-likeness (QED) is 0.475. The molecule has 32 heavy (non-hydrogen) atoms. The summed E-state index contributed by atoms with van der Waals surface area (Å²) in [6.07, 6.45) is 0.123. The smallest absolute Gasteiger partial charge is 0.269 e. The van der Waals surface area contributed by atoms with E-state index in [0.717, 1.165) is 16.8 Å². The fourth-order valence-corrected chi connectivity index (χ4v) is 3.64. The molecule has 3 aromatic carbocycles. The van der Waals surface area contributed by atoms with Gasteiger partial charge >= 0.3 is 0 Å². The minimum absolute atomic E-state index is 0.0249. The van der Waals surface area contributed by atoms with E-state index in [-0.39, 0.29) is 24.6 Å². The number of amides is 1. The van der Waals surface area contributed by atoms with Crippen molar-refractivity contribution in [2.45, 2.75) is 12.1 Å². The Balaban J connectivity index is 1.64. The zero-order valence-corrected chi connectivity index (χ0v) is 17.5. The topological polar surface area (TPSA) is 111 Å². The SMILES string of the molecule is CN1C(=O)C(N)(CCOc2ccc([N+](=O)[O-])cc2)N=C(c2ccccc2)c2ccccc21. The number of fused-ring (bicyclic) bond motifs is 1. The third-order valence-electron chi connectivity index (χ3n) is 5.35. The molecule has 0 bridgehead atoms. The first-order valence-corrected chi connectivity index (χ1v) is 10.1. The number of aliphatic imine (C=N–C) groups is 1. The van der Waals surface area contributed by atoms with Crippen molar-refractivity contribution < 1.29 is 14.5 Å². The van der Waals surface area contributed by atoms with Gasteiger partial charge in [-0.1, -0.05) is 48.5 Å². The summed E-state index contributed by atoms with van der Waals surface area (Å²) < 4.78 is 5.71. The number of para-hydroxylation sites is 1. The van der Waals surface area contributed by atoms with Crippen LogP contribution in [0.1, 0.15) is 17.5 Å². The Kier molecular flexibility index (Phi) is 5.70. The molecule has 8 heteroatoms. The monoisotopic (exact) mass is 430 g/mol. The first-order chi connectivity index (χ1) is 15.4. The number of rotatable bonds is 6. The van der Waals surface area contributed by atoms with Gasteiger partial charge in [-0.15, -0.1) is 0 Å². The molecule has 3 aromatic rings. The van der Waals surface area contributed by atoms with E-state index in [4.69, 9.17) is 15.5 Å². The van der Waals surface area contributed by atoms with Crippen LogP contribution in [0.4, 0.5) is 11.4 Å². The Bertz CT molecular complexity index is 1180. The molecule has 0 saturated heterocycles. The van der Waals surface area contributed by atoms with Gasteiger partial charge in [-0.3, -0.25) is 25.6 Å². The second-order valence-electron chi connectivity index (χ2n) is 7.48. The number of ether oxygens (including phenoxy) is 1. The predicted octanol–water partition coefficient (Wildman–Crippen LogP) is 3.53. The molecule has 4 rings (SSSR count). The van der Waals surface area contributed by atoms with Crippen molar-refractivity contribution in [3.63, 3.8) is 0 Å². The lowest BCUT2D eigenvalue weighted by atomic mass is 10.00. The molecular weight excluding hydrogens is 408 g/mol. The number of hydrogen-bond acceptors (Lipinski definition) is 6. The number of hydrogen-bond donors (Lipinski definition) is 1. The van der Waals surface area contributed by atoms with Crippen LogP contribution in [0.3, 0.4) is 0 Å². The Labute approximate surface area is 185 Å². The van der Waals surface area contributed by atoms with Crippen LogP contribution in [0.25, 0.3) is 0 Å². The molecule has 1 unspecified atom stereocenters. The van der Waals surface area contributed by atoms with Crippen LogP contribution in [0.5, 0.6) is 5.75 Å². The van der Waals surface area contributed by atoms with Crippen LogP contribution in [-0.2, 0) is 4.79 Å². The zero-order chi connectivity index (χ0) is 22.7. The Morgan fingerprint density at radius 3 is 2.38 bits per heavy atom. The Hall–Kier alpha value is -4.04. The standard InChI is InChI=1S/C24H22N4O4/c1-27-21-10-6-5-9-20(21)22(17-7-3-2-4-8-17)26-24(25,23(27)29)15-16-32-19-13-11-18(12-14-19)28(30)31/h2-14H,15-16,25H2,1H3. The van der Waals surface area contributed by atoms with Gasteiger partial charge in [0.05, 0.1) is 22.9 Å². The highest BCUT2D eigenvalue weighted by molar-refractivity contribution is 6.20. The number of carbonyl (C=O) groups excluding carboxylic acids is 1. The highest BCUT2D eigenvalue weighted by Gasteiger charge is 2.40. The van der Waals surface area contributed by atoms with E-state index in [1.807, 2.05) is 54.6 Å². The summed E-state index contributed by atoms with van der Waals surface area (Å²) in [4.78, 5) is 29.9. The van der Waals surface area contributed by atoms with E-state index in [1.165, 1.54) is 29.2 Å². The second kappa shape index (κ2) is 8.60. The molecule has 8 nitrogen and oxygen atoms in total. The van der Waals surface area contributed by atoms with Crippen LogP contribution in [0.2, 0.25) is 0 Å². The lowest BCUT2D eigenvalue weighted by Crippen LogP contribution is -2.53. The van der Waals surface area contributed by atoms with Gasteiger partial charge in [0.2, 0.25) is 0 Å². The average Bonchev–Trinajstić information content (AvgIpc) is 2.90. The minimum Gasteiger partial charge on any atom is -0.493 e. The minimum atomic E-state index is -1.54. The van der Waals surface area contributed by atoms with E-state index in [2.05, 4.69) is 0 Å². The molecule has 0 aliphatic carbocycles. The predicted molar refractivity (Wildman–Crippen MR) is 122 cm³/mol. The molecule has 1 atom stereocenters. The van der Waals surface area contributed by atoms with Crippen molar-refractivity contribution in [3.05, 3.63) is 100 Å². The summed E-state index contributed by atoms with van der Waals surface area (Å²) in [5.74, 6) is 0.104. The highest BCUT2D eigenvalue weighted by atomic mass is 16.6. The molecule has 0 radical (unpaired) electrons. The van der Waals surface area contributed by atoms with Gasteiger partial charge in [0, 0.05) is 36.7 Å². The summed E-state index contributed by atoms with van der Waals surface area (Å²) >= 11 is 0. The van der Waals surface area contributed by atoms with Crippen LogP contribution in [0, 0.1) is 10.1 Å². The summed E-state index contributed by atoms with van der Waals surface area (Å²) in [6, 6.07) is 22.9. The summed E-state index contributed by atoms with van der Waals surface area (Å²) in [7, 11) is 1.68. The number of nitrogens with two attached hydrogens (primary N) is 1. The maximum Gasteiger partial charge on any atom is 0.269 e. The fraction of sp³-hybridized carbons (Fsp3) is 0.167. The molecule has 1 aliphatic heterocycles. The molecule has 2 N–H and O–H groups in total. The van der Waals surface area contributed by atoms with Crippen molar-refractivity contribution in [2.75, 3.05) is 18.6 Å². The number of nitro groups is 1. The largest absolute Gasteiger partial charge is 0.493 e. The van der Waals surface area contributed by atoms with E-state index < -0.39 is 10.6 Å². The molecule has 0 fully saturated rings. The normalized spacial score (nSPS) is 17.9. The summed E-state index contributed by atoms with van der Waals surface area (Å²) in [6.45, 7) is 0.107. The van der Waals surface area contributed by atoms with Crippen molar-refractivity contribution in [2.24, 2.45) is 10.7 Å². The first kappa shape index (κ1) is 21.2. The summed E-state index contributed by atoms with van der Waals surface area (Å²) in [5, 5.41) is 10.8. The zero-order valence-electron chi connectivity index (χ0n) is 17.5. The highest BCUT2D eigenvalue weighted by Crippen LogP contribution is 2.31. The Morgan fingerprint density at radius 2 is 1.69 bits per heavy atom. The summed E-state index contributed by atoms with van der Waals surface area (Å²) in [5.41, 5.74) is 8.05. The van der Waals surface area contributed by atoms with E-state index in [9.17, 15) is 14.9 Å². The van der Waals surface area contributed by atoms with Crippen molar-refractivity contribution in [1.82, 2.24) is 0 Å². The molecular formula is C24H22N4O4. The van der Waals surface area contributed by atoms with Gasteiger partial charge in [0.15, 0.2) is 5.66 Å². The van der Waals surface area contributed by atoms with Gasteiger partial charge in [-0.05, 0) is 18.2 Å². The number of anilines is 1.